The highest BCUT2D eigenvalue weighted by Gasteiger charge is 2.28. The molecule has 7 heteroatoms. The van der Waals surface area contributed by atoms with Gasteiger partial charge in [-0.15, -0.1) is 12.4 Å². The van der Waals surface area contributed by atoms with E-state index < -0.39 is 10.0 Å². The second-order valence-corrected chi connectivity index (χ2v) is 7.98. The van der Waals surface area contributed by atoms with Crippen molar-refractivity contribution in [3.63, 3.8) is 0 Å². The number of nitrogens with two attached hydrogens (primary N) is 1. The Morgan fingerprint density at radius 2 is 1.90 bits per heavy atom. The van der Waals surface area contributed by atoms with Crippen molar-refractivity contribution in [3.05, 3.63) is 28.8 Å². The van der Waals surface area contributed by atoms with E-state index in [2.05, 4.69) is 0 Å². The van der Waals surface area contributed by atoms with Gasteiger partial charge in [0.2, 0.25) is 10.0 Å². The summed E-state index contributed by atoms with van der Waals surface area (Å²) < 4.78 is 26.2. The molecule has 0 amide bonds. The first-order chi connectivity index (χ1) is 8.60. The van der Waals surface area contributed by atoms with Gasteiger partial charge < -0.3 is 5.73 Å². The van der Waals surface area contributed by atoms with Gasteiger partial charge >= 0.3 is 0 Å². The summed E-state index contributed by atoms with van der Waals surface area (Å²) in [5.41, 5.74) is 6.28. The topological polar surface area (TPSA) is 63.4 Å². The Balaban J connectivity index is 0.00000361. The van der Waals surface area contributed by atoms with Crippen LogP contribution in [0.1, 0.15) is 19.4 Å². The first kappa shape index (κ1) is 19.7. The number of benzene rings is 1. The van der Waals surface area contributed by atoms with Gasteiger partial charge in [0, 0.05) is 13.6 Å². The second kappa shape index (κ2) is 7.09. The number of aryl methyl sites for hydroxylation is 1. The average molecular weight is 341 g/mol. The average Bonchev–Trinajstić information content (AvgIpc) is 2.27. The van der Waals surface area contributed by atoms with Crippen molar-refractivity contribution in [2.45, 2.75) is 25.7 Å². The molecule has 0 aliphatic rings. The van der Waals surface area contributed by atoms with E-state index in [9.17, 15) is 8.42 Å². The lowest BCUT2D eigenvalue weighted by Crippen LogP contribution is -2.39. The highest BCUT2D eigenvalue weighted by Crippen LogP contribution is 2.26. The Morgan fingerprint density at radius 3 is 2.35 bits per heavy atom. The first-order valence-corrected chi connectivity index (χ1v) is 7.84. The van der Waals surface area contributed by atoms with Crippen LogP contribution >= 0.6 is 24.0 Å². The Morgan fingerprint density at radius 1 is 1.35 bits per heavy atom. The third-order valence-corrected chi connectivity index (χ3v) is 5.27. The van der Waals surface area contributed by atoms with E-state index in [1.807, 2.05) is 20.8 Å². The van der Waals surface area contributed by atoms with E-state index in [4.69, 9.17) is 17.3 Å². The van der Waals surface area contributed by atoms with Crippen LogP contribution in [0.2, 0.25) is 5.02 Å². The van der Waals surface area contributed by atoms with E-state index in [-0.39, 0.29) is 27.7 Å². The largest absolute Gasteiger partial charge is 0.330 e. The molecule has 4 nitrogen and oxygen atoms in total. The molecule has 116 valence electrons. The van der Waals surface area contributed by atoms with Crippen LogP contribution in [-0.2, 0) is 10.0 Å². The zero-order valence-electron chi connectivity index (χ0n) is 12.2. The molecule has 0 heterocycles. The van der Waals surface area contributed by atoms with Gasteiger partial charge in [0.15, 0.2) is 0 Å². The minimum absolute atomic E-state index is 0. The first-order valence-electron chi connectivity index (χ1n) is 6.03. The molecule has 0 aliphatic carbocycles. The monoisotopic (exact) mass is 340 g/mol. The quantitative estimate of drug-likeness (QED) is 0.896. The Bertz CT molecular complexity index is 559. The molecule has 0 radical (unpaired) electrons. The van der Waals surface area contributed by atoms with E-state index in [0.29, 0.717) is 13.1 Å². The Labute approximate surface area is 132 Å². The molecule has 0 bridgehead atoms. The van der Waals surface area contributed by atoms with Crippen molar-refractivity contribution in [2.75, 3.05) is 20.1 Å². The van der Waals surface area contributed by atoms with Crippen molar-refractivity contribution in [1.82, 2.24) is 4.31 Å². The zero-order valence-corrected chi connectivity index (χ0v) is 14.6. The summed E-state index contributed by atoms with van der Waals surface area (Å²) in [4.78, 5) is 0.134. The number of halogens is 2. The maximum atomic E-state index is 12.5. The van der Waals surface area contributed by atoms with Crippen LogP contribution in [0, 0.1) is 12.3 Å². The fourth-order valence-electron chi connectivity index (χ4n) is 1.74. The summed E-state index contributed by atoms with van der Waals surface area (Å²) in [6, 6.07) is 4.93. The molecule has 0 unspecified atom stereocenters. The second-order valence-electron chi connectivity index (χ2n) is 5.56. The minimum Gasteiger partial charge on any atom is -0.330 e. The molecule has 1 aromatic carbocycles. The number of hydrogen-bond acceptors (Lipinski definition) is 3. The molecule has 0 aliphatic heterocycles. The summed E-state index contributed by atoms with van der Waals surface area (Å²) in [5.74, 6) is 0. The predicted molar refractivity (Wildman–Crippen MR) is 86.1 cm³/mol. The molecule has 0 fully saturated rings. The third-order valence-electron chi connectivity index (χ3n) is 2.98. The Kier molecular flexibility index (Phi) is 6.97. The lowest BCUT2D eigenvalue weighted by molar-refractivity contribution is 0.292. The Hall–Kier alpha value is -0.330. The van der Waals surface area contributed by atoms with E-state index in [1.54, 1.807) is 25.2 Å². The summed E-state index contributed by atoms with van der Waals surface area (Å²) in [6.07, 6.45) is 0. The van der Waals surface area contributed by atoms with Crippen LogP contribution < -0.4 is 5.73 Å². The molecule has 0 saturated heterocycles. The number of hydrogen-bond donors (Lipinski definition) is 1. The maximum absolute atomic E-state index is 12.5. The summed E-state index contributed by atoms with van der Waals surface area (Å²) >= 11 is 6.03. The number of sulfonamides is 1. The molecule has 1 aromatic rings. The summed E-state index contributed by atoms with van der Waals surface area (Å²) in [7, 11) is -2.04. The summed E-state index contributed by atoms with van der Waals surface area (Å²) in [6.45, 7) is 6.47. The van der Waals surface area contributed by atoms with Gasteiger partial charge in [-0.25, -0.2) is 12.7 Å². The van der Waals surface area contributed by atoms with Crippen molar-refractivity contribution in [2.24, 2.45) is 11.1 Å². The van der Waals surface area contributed by atoms with Gasteiger partial charge in [-0.1, -0.05) is 31.5 Å². The predicted octanol–water partition coefficient (Wildman–Crippen LogP) is 2.68. The SMILES string of the molecule is Cc1ccc(S(=O)(=O)N(C)CC(C)(C)CN)c(Cl)c1.Cl. The third kappa shape index (κ3) is 4.60. The van der Waals surface area contributed by atoms with Gasteiger partial charge in [-0.3, -0.25) is 0 Å². The summed E-state index contributed by atoms with van der Waals surface area (Å²) in [5, 5.41) is 0.248. The fourth-order valence-corrected chi connectivity index (χ4v) is 3.66. The molecular formula is C13H22Cl2N2O2S. The van der Waals surface area contributed by atoms with E-state index in [1.165, 1.54) is 4.31 Å². The van der Waals surface area contributed by atoms with Crippen LogP contribution in [0.25, 0.3) is 0 Å². The van der Waals surface area contributed by atoms with Crippen molar-refractivity contribution < 1.29 is 8.42 Å². The minimum atomic E-state index is -3.58. The molecule has 1 rings (SSSR count). The number of rotatable bonds is 5. The van der Waals surface area contributed by atoms with E-state index in [0.717, 1.165) is 5.56 Å². The smallest absolute Gasteiger partial charge is 0.244 e. The molecule has 0 aromatic heterocycles. The molecule has 0 atom stereocenters. The van der Waals surface area contributed by atoms with Crippen molar-refractivity contribution in [3.8, 4) is 0 Å². The van der Waals surface area contributed by atoms with Crippen LogP contribution in [0.15, 0.2) is 23.1 Å². The lowest BCUT2D eigenvalue weighted by Gasteiger charge is -2.28. The molecular weight excluding hydrogens is 319 g/mol. The van der Waals surface area contributed by atoms with Crippen LogP contribution in [0.5, 0.6) is 0 Å². The number of nitrogens with zero attached hydrogens (tertiary/aromatic N) is 1. The fraction of sp³-hybridized carbons (Fsp3) is 0.538. The lowest BCUT2D eigenvalue weighted by atomic mass is 9.94. The highest BCUT2D eigenvalue weighted by atomic mass is 35.5. The van der Waals surface area contributed by atoms with Crippen LogP contribution in [0.4, 0.5) is 0 Å². The van der Waals surface area contributed by atoms with Crippen LogP contribution in [0.3, 0.4) is 0 Å². The molecule has 0 saturated carbocycles. The van der Waals surface area contributed by atoms with Gasteiger partial charge in [0.1, 0.15) is 4.90 Å². The molecule has 0 spiro atoms. The van der Waals surface area contributed by atoms with Gasteiger partial charge in [-0.2, -0.15) is 0 Å². The van der Waals surface area contributed by atoms with Crippen molar-refractivity contribution >= 4 is 34.0 Å². The maximum Gasteiger partial charge on any atom is 0.244 e. The zero-order chi connectivity index (χ0) is 14.8. The molecule has 2 N–H and O–H groups in total. The van der Waals surface area contributed by atoms with Crippen LogP contribution in [-0.4, -0.2) is 32.9 Å². The normalized spacial score (nSPS) is 12.3. The molecule has 20 heavy (non-hydrogen) atoms. The standard InChI is InChI=1S/C13H21ClN2O2S.ClH/c1-10-5-6-12(11(14)7-10)19(17,18)16(4)9-13(2,3)8-15;/h5-7H,8-9,15H2,1-4H3;1H. The van der Waals surface area contributed by atoms with Gasteiger partial charge in [0.25, 0.3) is 0 Å². The van der Waals surface area contributed by atoms with Gasteiger partial charge in [-0.05, 0) is 36.6 Å². The van der Waals surface area contributed by atoms with E-state index >= 15 is 0 Å². The van der Waals surface area contributed by atoms with Gasteiger partial charge in [0.05, 0.1) is 5.02 Å². The highest BCUT2D eigenvalue weighted by molar-refractivity contribution is 7.89. The van der Waals surface area contributed by atoms with Crippen molar-refractivity contribution in [1.29, 1.82) is 0 Å².